The van der Waals surface area contributed by atoms with Gasteiger partial charge in [0.2, 0.25) is 0 Å². The molecule has 0 aliphatic heterocycles. The van der Waals surface area contributed by atoms with Crippen LogP contribution in [-0.4, -0.2) is 11.1 Å². The average Bonchev–Trinajstić information content (AvgIpc) is 2.14. The maximum Gasteiger partial charge on any atom is 0.418 e. The molecule has 0 heterocycles. The van der Waals surface area contributed by atoms with Gasteiger partial charge in [0.25, 0.3) is 0 Å². The summed E-state index contributed by atoms with van der Waals surface area (Å²) >= 11 is 0. The fraction of sp³-hybridized carbons (Fsp3) is 0.300. The number of carboxylic acid groups (broad SMARTS) is 1. The number of nitrogen functional groups attached to an aromatic ring is 1. The van der Waals surface area contributed by atoms with E-state index >= 15 is 0 Å². The Balaban J connectivity index is 3.14. The van der Waals surface area contributed by atoms with Crippen LogP contribution in [0.1, 0.15) is 24.0 Å². The summed E-state index contributed by atoms with van der Waals surface area (Å²) in [5.41, 5.74) is 4.07. The first kappa shape index (κ1) is 12.4. The summed E-state index contributed by atoms with van der Waals surface area (Å²) < 4.78 is 37.0. The molecule has 0 aromatic heterocycles. The van der Waals surface area contributed by atoms with Crippen molar-refractivity contribution >= 4 is 11.7 Å². The lowest BCUT2D eigenvalue weighted by molar-refractivity contribution is -0.138. The van der Waals surface area contributed by atoms with Crippen LogP contribution in [0.3, 0.4) is 0 Å². The fourth-order valence-electron chi connectivity index (χ4n) is 1.25. The van der Waals surface area contributed by atoms with Crippen molar-refractivity contribution < 1.29 is 23.1 Å². The van der Waals surface area contributed by atoms with Crippen LogP contribution >= 0.6 is 0 Å². The minimum Gasteiger partial charge on any atom is -0.481 e. The number of nitrogens with two attached hydrogens (primary N) is 1. The second-order valence-electron chi connectivity index (χ2n) is 3.40. The van der Waals surface area contributed by atoms with Crippen LogP contribution in [0.5, 0.6) is 0 Å². The molecule has 0 spiro atoms. The number of hydrogen-bond acceptors (Lipinski definition) is 2. The van der Waals surface area contributed by atoms with E-state index in [2.05, 4.69) is 0 Å². The van der Waals surface area contributed by atoms with Gasteiger partial charge >= 0.3 is 12.1 Å². The number of carbonyl (C=O) groups is 1. The Kier molecular flexibility index (Phi) is 3.11. The Bertz CT molecular complexity index is 415. The molecule has 0 bridgehead atoms. The van der Waals surface area contributed by atoms with E-state index in [0.29, 0.717) is 0 Å². The predicted octanol–water partition coefficient (Wildman–Crippen LogP) is 2.48. The number of benzene rings is 1. The summed E-state index contributed by atoms with van der Waals surface area (Å²) in [4.78, 5) is 10.6. The Labute approximate surface area is 89.7 Å². The molecule has 88 valence electrons. The van der Waals surface area contributed by atoms with Gasteiger partial charge in [-0.1, -0.05) is 6.07 Å². The van der Waals surface area contributed by atoms with Crippen molar-refractivity contribution in [2.45, 2.75) is 19.0 Å². The van der Waals surface area contributed by atoms with Gasteiger partial charge in [-0.25, -0.2) is 0 Å². The smallest absolute Gasteiger partial charge is 0.418 e. The highest BCUT2D eigenvalue weighted by Crippen LogP contribution is 2.34. The molecule has 3 N–H and O–H groups in total. The van der Waals surface area contributed by atoms with E-state index in [1.807, 2.05) is 0 Å². The van der Waals surface area contributed by atoms with E-state index in [4.69, 9.17) is 10.8 Å². The Morgan fingerprint density at radius 2 is 2.00 bits per heavy atom. The SMILES string of the molecule is CC(C(=O)O)c1ccc(C(F)(F)F)c(N)c1. The number of alkyl halides is 3. The molecule has 0 radical (unpaired) electrons. The number of aliphatic carboxylic acids is 1. The van der Waals surface area contributed by atoms with Crippen molar-refractivity contribution in [2.75, 3.05) is 5.73 Å². The summed E-state index contributed by atoms with van der Waals surface area (Å²) in [7, 11) is 0. The molecule has 1 aromatic rings. The Hall–Kier alpha value is -1.72. The summed E-state index contributed by atoms with van der Waals surface area (Å²) in [6, 6.07) is 2.96. The van der Waals surface area contributed by atoms with Gasteiger partial charge in [0, 0.05) is 5.69 Å². The first-order valence-electron chi connectivity index (χ1n) is 4.43. The number of halogens is 3. The fourth-order valence-corrected chi connectivity index (χ4v) is 1.25. The second-order valence-corrected chi connectivity index (χ2v) is 3.40. The van der Waals surface area contributed by atoms with Gasteiger partial charge in [-0.2, -0.15) is 13.2 Å². The van der Waals surface area contributed by atoms with E-state index < -0.39 is 29.3 Å². The monoisotopic (exact) mass is 233 g/mol. The molecular formula is C10H10F3NO2. The summed E-state index contributed by atoms with van der Waals surface area (Å²) in [5, 5.41) is 8.69. The summed E-state index contributed by atoms with van der Waals surface area (Å²) in [6.07, 6.45) is -4.52. The molecule has 0 aliphatic rings. The molecular weight excluding hydrogens is 223 g/mol. The van der Waals surface area contributed by atoms with Crippen LogP contribution in [0.25, 0.3) is 0 Å². The predicted molar refractivity (Wildman–Crippen MR) is 51.9 cm³/mol. The van der Waals surface area contributed by atoms with Gasteiger partial charge in [-0.15, -0.1) is 0 Å². The van der Waals surface area contributed by atoms with Gasteiger partial charge < -0.3 is 10.8 Å². The zero-order valence-corrected chi connectivity index (χ0v) is 8.38. The summed E-state index contributed by atoms with van der Waals surface area (Å²) in [5.74, 6) is -2.00. The minimum atomic E-state index is -4.52. The lowest BCUT2D eigenvalue weighted by Crippen LogP contribution is -2.12. The largest absolute Gasteiger partial charge is 0.481 e. The first-order valence-corrected chi connectivity index (χ1v) is 4.43. The third-order valence-corrected chi connectivity index (χ3v) is 2.25. The number of carboxylic acids is 1. The van der Waals surface area contributed by atoms with Gasteiger partial charge in [0.1, 0.15) is 0 Å². The molecule has 3 nitrogen and oxygen atoms in total. The molecule has 0 fully saturated rings. The maximum absolute atomic E-state index is 12.3. The standard InChI is InChI=1S/C10H10F3NO2/c1-5(9(15)16)6-2-3-7(8(14)4-6)10(11,12)13/h2-5H,14H2,1H3,(H,15,16). The van der Waals surface area contributed by atoms with Gasteiger partial charge in [-0.3, -0.25) is 4.79 Å². The lowest BCUT2D eigenvalue weighted by Gasteiger charge is -2.13. The Morgan fingerprint density at radius 3 is 2.38 bits per heavy atom. The Morgan fingerprint density at radius 1 is 1.44 bits per heavy atom. The van der Waals surface area contributed by atoms with Gasteiger partial charge in [-0.05, 0) is 24.6 Å². The molecule has 6 heteroatoms. The normalized spacial score (nSPS) is 13.5. The van der Waals surface area contributed by atoms with Crippen LogP contribution in [0, 0.1) is 0 Å². The first-order chi connectivity index (χ1) is 7.23. The van der Waals surface area contributed by atoms with Crippen molar-refractivity contribution in [3.8, 4) is 0 Å². The van der Waals surface area contributed by atoms with Gasteiger partial charge in [0.15, 0.2) is 0 Å². The van der Waals surface area contributed by atoms with Crippen molar-refractivity contribution in [1.82, 2.24) is 0 Å². The minimum absolute atomic E-state index is 0.248. The van der Waals surface area contributed by atoms with Crippen molar-refractivity contribution in [1.29, 1.82) is 0 Å². The molecule has 0 amide bonds. The topological polar surface area (TPSA) is 63.3 Å². The van der Waals surface area contributed by atoms with Crippen LogP contribution in [0.15, 0.2) is 18.2 Å². The maximum atomic E-state index is 12.3. The molecule has 0 saturated carbocycles. The van der Waals surface area contributed by atoms with Crippen LogP contribution < -0.4 is 5.73 Å². The van der Waals surface area contributed by atoms with Crippen molar-refractivity contribution in [2.24, 2.45) is 0 Å². The van der Waals surface area contributed by atoms with E-state index in [9.17, 15) is 18.0 Å². The zero-order valence-electron chi connectivity index (χ0n) is 8.38. The van der Waals surface area contributed by atoms with E-state index in [1.165, 1.54) is 6.92 Å². The van der Waals surface area contributed by atoms with Crippen LogP contribution in [-0.2, 0) is 11.0 Å². The third kappa shape index (κ3) is 2.44. The lowest BCUT2D eigenvalue weighted by atomic mass is 9.99. The second kappa shape index (κ2) is 4.03. The van der Waals surface area contributed by atoms with Crippen molar-refractivity contribution in [3.63, 3.8) is 0 Å². The molecule has 16 heavy (non-hydrogen) atoms. The molecule has 1 atom stereocenters. The molecule has 0 saturated heterocycles. The highest BCUT2D eigenvalue weighted by Gasteiger charge is 2.33. The summed E-state index contributed by atoms with van der Waals surface area (Å²) in [6.45, 7) is 1.38. The van der Waals surface area contributed by atoms with Crippen LogP contribution in [0.4, 0.5) is 18.9 Å². The number of rotatable bonds is 2. The number of hydrogen-bond donors (Lipinski definition) is 2. The third-order valence-electron chi connectivity index (χ3n) is 2.25. The quantitative estimate of drug-likeness (QED) is 0.771. The highest BCUT2D eigenvalue weighted by molar-refractivity contribution is 5.76. The molecule has 1 unspecified atom stereocenters. The van der Waals surface area contributed by atoms with Gasteiger partial charge in [0.05, 0.1) is 11.5 Å². The zero-order chi connectivity index (χ0) is 12.5. The average molecular weight is 233 g/mol. The number of anilines is 1. The highest BCUT2D eigenvalue weighted by atomic mass is 19.4. The van der Waals surface area contributed by atoms with Crippen LogP contribution in [0.2, 0.25) is 0 Å². The molecule has 0 aliphatic carbocycles. The van der Waals surface area contributed by atoms with E-state index in [0.717, 1.165) is 18.2 Å². The molecule has 1 aromatic carbocycles. The van der Waals surface area contributed by atoms with E-state index in [1.54, 1.807) is 0 Å². The van der Waals surface area contributed by atoms with Crippen molar-refractivity contribution in [3.05, 3.63) is 29.3 Å². The van der Waals surface area contributed by atoms with E-state index in [-0.39, 0.29) is 5.56 Å². The molecule has 1 rings (SSSR count).